The molecule has 9 heteroatoms. The zero-order valence-electron chi connectivity index (χ0n) is 17.5. The maximum Gasteiger partial charge on any atom is 0.416 e. The number of aromatic nitrogens is 3. The van der Waals surface area contributed by atoms with Gasteiger partial charge in [0.1, 0.15) is 5.60 Å². The summed E-state index contributed by atoms with van der Waals surface area (Å²) >= 11 is 12.3. The minimum atomic E-state index is -0.594. The van der Waals surface area contributed by atoms with E-state index in [2.05, 4.69) is 27.5 Å². The molecule has 1 saturated carbocycles. The molecular formula is C23H21Cl2N5O2. The molecular weight excluding hydrogens is 449 g/mol. The second-order valence-corrected chi connectivity index (χ2v) is 9.97. The number of ether oxygens (including phenoxy) is 1. The highest BCUT2D eigenvalue weighted by Crippen LogP contribution is 2.48. The van der Waals surface area contributed by atoms with E-state index in [1.54, 1.807) is 12.1 Å². The van der Waals surface area contributed by atoms with Gasteiger partial charge in [-0.1, -0.05) is 30.1 Å². The van der Waals surface area contributed by atoms with Gasteiger partial charge in [0.15, 0.2) is 5.82 Å². The zero-order chi connectivity index (χ0) is 22.5. The van der Waals surface area contributed by atoms with Crippen LogP contribution in [0.15, 0.2) is 36.8 Å². The summed E-state index contributed by atoms with van der Waals surface area (Å²) in [5, 5.41) is 10.00. The first kappa shape index (κ1) is 21.0. The standard InChI is InChI=1S/C23H21Cl2N5O2/c1-22(12-29-14-28-18-4-3-15(9-26)7-19(18)29)5-2-6-23(11-22)13-30(21(31)32-23)20-17(25)8-16(24)10-27-20/h3-4,7-8,10,14H,2,5-6,11-13H2,1H3/t22-,23?/m0/s1. The van der Waals surface area contributed by atoms with E-state index >= 15 is 0 Å². The van der Waals surface area contributed by atoms with E-state index in [9.17, 15) is 10.1 Å². The van der Waals surface area contributed by atoms with Crippen molar-refractivity contribution < 1.29 is 9.53 Å². The fraction of sp³-hybridized carbons (Fsp3) is 0.391. The Morgan fingerprint density at radius 2 is 2.09 bits per heavy atom. The Hall–Kier alpha value is -2.82. The third kappa shape index (κ3) is 3.68. The van der Waals surface area contributed by atoms with Gasteiger partial charge in [-0.05, 0) is 55.4 Å². The van der Waals surface area contributed by atoms with E-state index in [0.717, 1.165) is 36.8 Å². The molecule has 2 aromatic heterocycles. The molecule has 3 aromatic rings. The van der Waals surface area contributed by atoms with Crippen LogP contribution in [0.25, 0.3) is 11.0 Å². The molecule has 5 rings (SSSR count). The quantitative estimate of drug-likeness (QED) is 0.499. The highest BCUT2D eigenvalue weighted by atomic mass is 35.5. The number of nitrogens with zero attached hydrogens (tertiary/aromatic N) is 5. The van der Waals surface area contributed by atoms with E-state index in [1.807, 2.05) is 18.5 Å². The van der Waals surface area contributed by atoms with Gasteiger partial charge in [-0.2, -0.15) is 5.26 Å². The van der Waals surface area contributed by atoms with Crippen LogP contribution in [0.1, 0.15) is 38.2 Å². The largest absolute Gasteiger partial charge is 0.441 e. The van der Waals surface area contributed by atoms with Gasteiger partial charge in [-0.25, -0.2) is 14.8 Å². The van der Waals surface area contributed by atoms with Gasteiger partial charge in [0.25, 0.3) is 0 Å². The molecule has 2 fully saturated rings. The second kappa shape index (κ2) is 7.65. The second-order valence-electron chi connectivity index (χ2n) is 9.12. The third-order valence-electron chi connectivity index (χ3n) is 6.48. The number of carbonyl (C=O) groups is 1. The van der Waals surface area contributed by atoms with Gasteiger partial charge in [-0.15, -0.1) is 0 Å². The number of rotatable bonds is 3. The molecule has 1 saturated heterocycles. The molecule has 0 radical (unpaired) electrons. The average molecular weight is 470 g/mol. The minimum absolute atomic E-state index is 0.109. The van der Waals surface area contributed by atoms with E-state index in [4.69, 9.17) is 27.9 Å². The molecule has 2 atom stereocenters. The molecule has 3 heterocycles. The Balaban J connectivity index is 1.40. The Labute approximate surface area is 195 Å². The lowest BCUT2D eigenvalue weighted by Crippen LogP contribution is -2.45. The first-order valence-electron chi connectivity index (χ1n) is 10.5. The Bertz CT molecular complexity index is 1270. The van der Waals surface area contributed by atoms with Crippen LogP contribution in [-0.2, 0) is 11.3 Å². The predicted molar refractivity (Wildman–Crippen MR) is 122 cm³/mol. The molecule has 1 aliphatic carbocycles. The van der Waals surface area contributed by atoms with Crippen LogP contribution in [0.5, 0.6) is 0 Å². The van der Waals surface area contributed by atoms with Gasteiger partial charge in [0.05, 0.1) is 45.6 Å². The molecule has 164 valence electrons. The number of fused-ring (bicyclic) bond motifs is 1. The van der Waals surface area contributed by atoms with Crippen LogP contribution >= 0.6 is 23.2 Å². The number of halogens is 2. The number of anilines is 1. The molecule has 7 nitrogen and oxygen atoms in total. The van der Waals surface area contributed by atoms with Crippen LogP contribution in [0, 0.1) is 16.7 Å². The van der Waals surface area contributed by atoms with Crippen molar-refractivity contribution in [3.8, 4) is 6.07 Å². The molecule has 1 unspecified atom stereocenters. The van der Waals surface area contributed by atoms with Gasteiger partial charge >= 0.3 is 6.09 Å². The Kier molecular flexibility index (Phi) is 5.03. The van der Waals surface area contributed by atoms with Crippen molar-refractivity contribution in [3.63, 3.8) is 0 Å². The van der Waals surface area contributed by atoms with Crippen LogP contribution in [0.4, 0.5) is 10.6 Å². The summed E-state index contributed by atoms with van der Waals surface area (Å²) in [6, 6.07) is 9.29. The van der Waals surface area contributed by atoms with Crippen molar-refractivity contribution in [1.82, 2.24) is 14.5 Å². The summed E-state index contributed by atoms with van der Waals surface area (Å²) in [6.45, 7) is 3.34. The molecule has 32 heavy (non-hydrogen) atoms. The molecule has 0 bridgehead atoms. The molecule has 1 amide bonds. The number of hydrogen-bond donors (Lipinski definition) is 0. The van der Waals surface area contributed by atoms with Crippen LogP contribution in [0.3, 0.4) is 0 Å². The molecule has 1 spiro atoms. The fourth-order valence-electron chi connectivity index (χ4n) is 5.21. The normalized spacial score (nSPS) is 25.3. The summed E-state index contributed by atoms with van der Waals surface area (Å²) < 4.78 is 8.07. The summed E-state index contributed by atoms with van der Waals surface area (Å²) in [5.41, 5.74) is 1.70. The highest BCUT2D eigenvalue weighted by molar-refractivity contribution is 6.36. The number of carbonyl (C=O) groups excluding carboxylic acids is 1. The lowest BCUT2D eigenvalue weighted by atomic mass is 9.68. The smallest absolute Gasteiger partial charge is 0.416 e. The summed E-state index contributed by atoms with van der Waals surface area (Å²) in [4.78, 5) is 23.0. The van der Waals surface area contributed by atoms with Gasteiger partial charge < -0.3 is 9.30 Å². The van der Waals surface area contributed by atoms with E-state index in [0.29, 0.717) is 34.4 Å². The highest BCUT2D eigenvalue weighted by Gasteiger charge is 2.52. The minimum Gasteiger partial charge on any atom is -0.441 e. The molecule has 1 aromatic carbocycles. The van der Waals surface area contributed by atoms with Crippen molar-refractivity contribution >= 4 is 46.1 Å². The topological polar surface area (TPSA) is 84.0 Å². The molecule has 2 aliphatic rings. The molecule has 1 aliphatic heterocycles. The van der Waals surface area contributed by atoms with Gasteiger partial charge in [0, 0.05) is 12.7 Å². The number of amides is 1. The van der Waals surface area contributed by atoms with E-state index in [-0.39, 0.29) is 5.41 Å². The monoisotopic (exact) mass is 469 g/mol. The SMILES string of the molecule is C[C@]1(Cn2cnc3ccc(C#N)cc32)CCCC2(CN(c3ncc(Cl)cc3Cl)C(=O)O2)C1. The van der Waals surface area contributed by atoms with Gasteiger partial charge in [0.2, 0.25) is 0 Å². The van der Waals surface area contributed by atoms with Crippen molar-refractivity contribution in [2.75, 3.05) is 11.4 Å². The average Bonchev–Trinajstić information content (AvgIpc) is 3.27. The van der Waals surface area contributed by atoms with Crippen LogP contribution in [-0.4, -0.2) is 32.8 Å². The Morgan fingerprint density at radius 1 is 1.25 bits per heavy atom. The Morgan fingerprint density at radius 3 is 2.88 bits per heavy atom. The van der Waals surface area contributed by atoms with Crippen molar-refractivity contribution in [1.29, 1.82) is 5.26 Å². The first-order valence-corrected chi connectivity index (χ1v) is 11.2. The fourth-order valence-corrected chi connectivity index (χ4v) is 5.69. The number of hydrogen-bond acceptors (Lipinski definition) is 5. The van der Waals surface area contributed by atoms with E-state index < -0.39 is 11.7 Å². The summed E-state index contributed by atoms with van der Waals surface area (Å²) in [7, 11) is 0. The number of nitriles is 1. The first-order chi connectivity index (χ1) is 15.3. The maximum absolute atomic E-state index is 12.8. The van der Waals surface area contributed by atoms with Crippen molar-refractivity contribution in [2.45, 2.75) is 44.8 Å². The number of imidazole rings is 1. The number of pyridine rings is 1. The lowest BCUT2D eigenvalue weighted by molar-refractivity contribution is -0.0264. The predicted octanol–water partition coefficient (Wildman–Crippen LogP) is 5.59. The summed E-state index contributed by atoms with van der Waals surface area (Å²) in [6.07, 6.45) is 6.32. The van der Waals surface area contributed by atoms with Crippen molar-refractivity contribution in [3.05, 3.63) is 52.4 Å². The van der Waals surface area contributed by atoms with Crippen LogP contribution < -0.4 is 4.90 Å². The lowest BCUT2D eigenvalue weighted by Gasteiger charge is -2.43. The zero-order valence-corrected chi connectivity index (χ0v) is 19.0. The van der Waals surface area contributed by atoms with E-state index in [1.165, 1.54) is 11.1 Å². The van der Waals surface area contributed by atoms with Gasteiger partial charge in [-0.3, -0.25) is 4.90 Å². The maximum atomic E-state index is 12.8. The number of benzene rings is 1. The third-order valence-corrected chi connectivity index (χ3v) is 6.96. The van der Waals surface area contributed by atoms with Crippen LogP contribution in [0.2, 0.25) is 10.0 Å². The summed E-state index contributed by atoms with van der Waals surface area (Å²) in [5.74, 6) is 0.370. The molecule has 0 N–H and O–H groups in total. The van der Waals surface area contributed by atoms with Crippen molar-refractivity contribution in [2.24, 2.45) is 5.41 Å².